The minimum Gasteiger partial charge on any atom is -0.478 e. The molecule has 0 radical (unpaired) electrons. The van der Waals surface area contributed by atoms with E-state index in [9.17, 15) is 14.7 Å². The molecule has 0 bridgehead atoms. The second-order valence-electron chi connectivity index (χ2n) is 5.64. The molecule has 3 rings (SSSR count). The number of amides is 1. The van der Waals surface area contributed by atoms with Gasteiger partial charge in [0, 0.05) is 19.8 Å². The largest absolute Gasteiger partial charge is 0.478 e. The number of nitrogens with zero attached hydrogens (tertiary/aromatic N) is 3. The lowest BCUT2D eigenvalue weighted by Crippen LogP contribution is -2.39. The maximum atomic E-state index is 12.2. The van der Waals surface area contributed by atoms with E-state index >= 15 is 0 Å². The predicted molar refractivity (Wildman–Crippen MR) is 90.6 cm³/mol. The van der Waals surface area contributed by atoms with E-state index in [-0.39, 0.29) is 11.5 Å². The Morgan fingerprint density at radius 3 is 2.57 bits per heavy atom. The molecule has 1 unspecified atom stereocenters. The molecule has 0 aliphatic carbocycles. The van der Waals surface area contributed by atoms with Crippen LogP contribution in [0.4, 0.5) is 5.69 Å². The Morgan fingerprint density at radius 1 is 1.35 bits per heavy atom. The van der Waals surface area contributed by atoms with Gasteiger partial charge in [0.1, 0.15) is 0 Å². The first-order valence-electron chi connectivity index (χ1n) is 7.15. The molecule has 0 aromatic heterocycles. The Hall–Kier alpha value is -2.28. The number of allylic oxidation sites excluding steroid dienone is 1. The van der Waals surface area contributed by atoms with Crippen molar-refractivity contribution in [2.24, 2.45) is 4.99 Å². The molecule has 23 heavy (non-hydrogen) atoms. The number of fused-ring (bicyclic) bond motifs is 1. The Kier molecular flexibility index (Phi) is 3.89. The van der Waals surface area contributed by atoms with Crippen LogP contribution in [0.15, 0.2) is 40.5 Å². The Balaban J connectivity index is 2.11. The first-order chi connectivity index (χ1) is 10.9. The summed E-state index contributed by atoms with van der Waals surface area (Å²) in [5.41, 5.74) is 2.39. The lowest BCUT2D eigenvalue weighted by Gasteiger charge is -2.32. The van der Waals surface area contributed by atoms with Gasteiger partial charge in [-0.05, 0) is 24.6 Å². The molecule has 120 valence electrons. The van der Waals surface area contributed by atoms with Crippen LogP contribution in [-0.2, 0) is 9.59 Å². The summed E-state index contributed by atoms with van der Waals surface area (Å²) in [6.07, 6.45) is 0. The average molecular weight is 331 g/mol. The van der Waals surface area contributed by atoms with Crippen molar-refractivity contribution in [1.29, 1.82) is 0 Å². The minimum absolute atomic E-state index is 0.110. The van der Waals surface area contributed by atoms with Crippen molar-refractivity contribution in [3.63, 3.8) is 0 Å². The fraction of sp³-hybridized carbons (Fsp3) is 0.312. The van der Waals surface area contributed by atoms with Gasteiger partial charge in [-0.15, -0.1) is 0 Å². The number of aliphatic carboxylic acids is 1. The van der Waals surface area contributed by atoms with Crippen LogP contribution in [0.3, 0.4) is 0 Å². The first-order valence-corrected chi connectivity index (χ1v) is 8.13. The molecule has 7 heteroatoms. The summed E-state index contributed by atoms with van der Waals surface area (Å²) in [7, 11) is 3.88. The van der Waals surface area contributed by atoms with Crippen LogP contribution in [0.25, 0.3) is 0 Å². The Morgan fingerprint density at radius 2 is 2.00 bits per heavy atom. The third-order valence-corrected chi connectivity index (χ3v) is 4.88. The van der Waals surface area contributed by atoms with Crippen molar-refractivity contribution < 1.29 is 14.7 Å². The fourth-order valence-corrected chi connectivity index (χ4v) is 3.72. The molecule has 2 aliphatic rings. The summed E-state index contributed by atoms with van der Waals surface area (Å²) < 4.78 is 0. The summed E-state index contributed by atoms with van der Waals surface area (Å²) in [6, 6.07) is 6.95. The van der Waals surface area contributed by atoms with E-state index in [4.69, 9.17) is 0 Å². The van der Waals surface area contributed by atoms with Gasteiger partial charge in [-0.3, -0.25) is 9.69 Å². The first kappa shape index (κ1) is 15.6. The molecule has 0 saturated carbocycles. The topological polar surface area (TPSA) is 73.2 Å². The van der Waals surface area contributed by atoms with Crippen LogP contribution in [0, 0.1) is 0 Å². The van der Waals surface area contributed by atoms with Gasteiger partial charge in [-0.1, -0.05) is 23.9 Å². The highest BCUT2D eigenvalue weighted by Gasteiger charge is 2.42. The number of carboxylic acids is 1. The molecular formula is C16H17N3O3S. The van der Waals surface area contributed by atoms with Gasteiger partial charge in [0.05, 0.1) is 23.1 Å². The molecular weight excluding hydrogens is 314 g/mol. The maximum absolute atomic E-state index is 12.2. The van der Waals surface area contributed by atoms with Crippen LogP contribution in [0.2, 0.25) is 0 Å². The predicted octanol–water partition coefficient (Wildman–Crippen LogP) is 2.10. The van der Waals surface area contributed by atoms with Gasteiger partial charge in [0.15, 0.2) is 5.17 Å². The number of hydrogen-bond donors (Lipinski definition) is 1. The van der Waals surface area contributed by atoms with Gasteiger partial charge in [0.25, 0.3) is 0 Å². The number of thioether (sulfide) groups is 1. The second-order valence-corrected chi connectivity index (χ2v) is 6.58. The molecule has 1 amide bonds. The summed E-state index contributed by atoms with van der Waals surface area (Å²) in [4.78, 5) is 31.7. The molecule has 1 aromatic carbocycles. The van der Waals surface area contributed by atoms with Crippen molar-refractivity contribution >= 4 is 34.5 Å². The Labute approximate surface area is 138 Å². The highest BCUT2D eigenvalue weighted by Crippen LogP contribution is 2.40. The van der Waals surface area contributed by atoms with Crippen molar-refractivity contribution in [1.82, 2.24) is 4.90 Å². The lowest BCUT2D eigenvalue weighted by atomic mass is 9.94. The van der Waals surface area contributed by atoms with Gasteiger partial charge in [-0.2, -0.15) is 0 Å². The summed E-state index contributed by atoms with van der Waals surface area (Å²) in [5.74, 6) is -0.857. The standard InChI is InChI=1S/C16H17N3O3S/c1-9-13(15(21)22)14(19-12(20)8-23-16(19)17-9)10-4-6-11(7-5-10)18(2)3/h4-7,14H,8H2,1-3H3,(H,21,22). The summed E-state index contributed by atoms with van der Waals surface area (Å²) in [5, 5.41) is 10.2. The van der Waals surface area contributed by atoms with Crippen molar-refractivity contribution in [2.75, 3.05) is 24.7 Å². The average Bonchev–Trinajstić information content (AvgIpc) is 2.86. The molecule has 0 spiro atoms. The molecule has 1 aromatic rings. The molecule has 1 fully saturated rings. The Bertz CT molecular complexity index is 737. The SMILES string of the molecule is CC1=C(C(=O)O)C(c2ccc(N(C)C)cc2)N2C(=O)CSC2=N1. The molecule has 1 N–H and O–H groups in total. The number of carbonyl (C=O) groups excluding carboxylic acids is 1. The molecule has 6 nitrogen and oxygen atoms in total. The number of anilines is 1. The quantitative estimate of drug-likeness (QED) is 0.918. The number of rotatable bonds is 3. The number of carbonyl (C=O) groups is 2. The maximum Gasteiger partial charge on any atom is 0.335 e. The zero-order valence-corrected chi connectivity index (χ0v) is 13.9. The van der Waals surface area contributed by atoms with Gasteiger partial charge in [0.2, 0.25) is 5.91 Å². The molecule has 1 saturated heterocycles. The smallest absolute Gasteiger partial charge is 0.335 e. The highest BCUT2D eigenvalue weighted by molar-refractivity contribution is 8.15. The third-order valence-electron chi connectivity index (χ3n) is 3.94. The third kappa shape index (κ3) is 2.61. The van der Waals surface area contributed by atoms with E-state index < -0.39 is 12.0 Å². The molecule has 2 heterocycles. The van der Waals surface area contributed by atoms with Gasteiger partial charge in [-0.25, -0.2) is 9.79 Å². The zero-order valence-electron chi connectivity index (χ0n) is 13.1. The number of benzene rings is 1. The van der Waals surface area contributed by atoms with E-state index in [0.717, 1.165) is 11.3 Å². The van der Waals surface area contributed by atoms with E-state index in [1.165, 1.54) is 16.7 Å². The van der Waals surface area contributed by atoms with Crippen molar-refractivity contribution in [3.8, 4) is 0 Å². The summed E-state index contributed by atoms with van der Waals surface area (Å²) in [6.45, 7) is 1.68. The fourth-order valence-electron chi connectivity index (χ4n) is 2.79. The number of hydrogen-bond acceptors (Lipinski definition) is 5. The zero-order chi connectivity index (χ0) is 16.7. The minimum atomic E-state index is -1.04. The number of carboxylic acid groups (broad SMARTS) is 1. The van der Waals surface area contributed by atoms with Crippen LogP contribution in [0.1, 0.15) is 18.5 Å². The highest BCUT2D eigenvalue weighted by atomic mass is 32.2. The van der Waals surface area contributed by atoms with E-state index in [0.29, 0.717) is 16.6 Å². The number of amidine groups is 1. The monoisotopic (exact) mass is 331 g/mol. The van der Waals surface area contributed by atoms with E-state index in [1.54, 1.807) is 6.92 Å². The number of aliphatic imine (C=N–C) groups is 1. The normalized spacial score (nSPS) is 20.5. The molecule has 1 atom stereocenters. The second kappa shape index (κ2) is 5.73. The van der Waals surface area contributed by atoms with Crippen molar-refractivity contribution in [3.05, 3.63) is 41.1 Å². The van der Waals surface area contributed by atoms with Crippen LogP contribution < -0.4 is 4.90 Å². The molecule has 2 aliphatic heterocycles. The lowest BCUT2D eigenvalue weighted by molar-refractivity contribution is -0.134. The van der Waals surface area contributed by atoms with Gasteiger partial charge < -0.3 is 10.0 Å². The van der Waals surface area contributed by atoms with E-state index in [2.05, 4.69) is 4.99 Å². The van der Waals surface area contributed by atoms with Crippen LogP contribution in [0.5, 0.6) is 0 Å². The van der Waals surface area contributed by atoms with Crippen LogP contribution >= 0.6 is 11.8 Å². The summed E-state index contributed by atoms with van der Waals surface area (Å²) >= 11 is 1.35. The van der Waals surface area contributed by atoms with Gasteiger partial charge >= 0.3 is 5.97 Å². The van der Waals surface area contributed by atoms with Crippen LogP contribution in [-0.4, -0.2) is 46.9 Å². The van der Waals surface area contributed by atoms with Crippen molar-refractivity contribution in [2.45, 2.75) is 13.0 Å². The van der Waals surface area contributed by atoms with E-state index in [1.807, 2.05) is 43.3 Å².